The first-order chi connectivity index (χ1) is 8.91. The molecule has 3 nitrogen and oxygen atoms in total. The summed E-state index contributed by atoms with van der Waals surface area (Å²) in [5, 5.41) is 9.94. The zero-order valence-electron chi connectivity index (χ0n) is 12.2. The molecule has 0 aliphatic heterocycles. The monoisotopic (exact) mass is 264 g/mol. The second-order valence-corrected chi connectivity index (χ2v) is 5.60. The maximum Gasteiger partial charge on any atom is 0.338 e. The van der Waals surface area contributed by atoms with E-state index in [1.807, 2.05) is 45.9 Å². The number of rotatable bonds is 6. The van der Waals surface area contributed by atoms with Crippen LogP contribution in [0.15, 0.2) is 30.3 Å². The Bertz CT molecular complexity index is 384. The van der Waals surface area contributed by atoms with Gasteiger partial charge in [0.25, 0.3) is 0 Å². The number of benzene rings is 1. The molecule has 0 radical (unpaired) electrons. The lowest BCUT2D eigenvalue weighted by Gasteiger charge is -2.25. The highest BCUT2D eigenvalue weighted by Gasteiger charge is 2.24. The number of carbonyl (C=O) groups excluding carboxylic acids is 1. The summed E-state index contributed by atoms with van der Waals surface area (Å²) in [5.41, 5.74) is 0.548. The van der Waals surface area contributed by atoms with E-state index in [1.165, 1.54) is 0 Å². The summed E-state index contributed by atoms with van der Waals surface area (Å²) in [6.45, 7) is 7.91. The fourth-order valence-corrected chi connectivity index (χ4v) is 1.75. The lowest BCUT2D eigenvalue weighted by molar-refractivity contribution is -0.00724. The van der Waals surface area contributed by atoms with Gasteiger partial charge in [-0.25, -0.2) is 4.79 Å². The molecule has 2 unspecified atom stereocenters. The van der Waals surface area contributed by atoms with Crippen LogP contribution in [0.4, 0.5) is 0 Å². The molecule has 0 amide bonds. The van der Waals surface area contributed by atoms with Crippen molar-refractivity contribution in [2.45, 2.75) is 46.3 Å². The zero-order chi connectivity index (χ0) is 14.4. The molecule has 1 aromatic carbocycles. The highest BCUT2D eigenvalue weighted by molar-refractivity contribution is 5.89. The zero-order valence-corrected chi connectivity index (χ0v) is 12.2. The largest absolute Gasteiger partial charge is 0.458 e. The topological polar surface area (TPSA) is 46.5 Å². The molecule has 1 rings (SSSR count). The summed E-state index contributed by atoms with van der Waals surface area (Å²) in [4.78, 5) is 12.0. The Balaban J connectivity index is 2.66. The molecule has 0 bridgehead atoms. The molecule has 0 aliphatic rings. The van der Waals surface area contributed by atoms with Crippen molar-refractivity contribution < 1.29 is 14.6 Å². The fraction of sp³-hybridized carbons (Fsp3) is 0.562. The van der Waals surface area contributed by atoms with Gasteiger partial charge < -0.3 is 9.84 Å². The van der Waals surface area contributed by atoms with Crippen molar-refractivity contribution in [2.24, 2.45) is 11.8 Å². The van der Waals surface area contributed by atoms with Gasteiger partial charge in [-0.3, -0.25) is 0 Å². The number of hydrogen-bond donors (Lipinski definition) is 1. The molecule has 0 saturated heterocycles. The van der Waals surface area contributed by atoms with E-state index in [-0.39, 0.29) is 23.9 Å². The van der Waals surface area contributed by atoms with Crippen molar-refractivity contribution in [3.05, 3.63) is 35.9 Å². The Hall–Kier alpha value is -1.35. The molecular formula is C16H24O3. The first-order valence-electron chi connectivity index (χ1n) is 6.86. The fourth-order valence-electron chi connectivity index (χ4n) is 1.75. The number of carbonyl (C=O) groups is 1. The van der Waals surface area contributed by atoms with Gasteiger partial charge in [-0.1, -0.05) is 45.9 Å². The lowest BCUT2D eigenvalue weighted by Crippen LogP contribution is -2.30. The maximum atomic E-state index is 12.0. The lowest BCUT2D eigenvalue weighted by atomic mass is 9.95. The van der Waals surface area contributed by atoms with Crippen molar-refractivity contribution >= 4 is 5.97 Å². The van der Waals surface area contributed by atoms with Gasteiger partial charge in [0.15, 0.2) is 0 Å². The Morgan fingerprint density at radius 2 is 1.68 bits per heavy atom. The predicted molar refractivity (Wildman–Crippen MR) is 75.9 cm³/mol. The summed E-state index contributed by atoms with van der Waals surface area (Å²) < 4.78 is 5.52. The number of ether oxygens (including phenoxy) is 1. The van der Waals surface area contributed by atoms with E-state index in [0.29, 0.717) is 12.0 Å². The second-order valence-electron chi connectivity index (χ2n) is 5.60. The van der Waals surface area contributed by atoms with Crippen LogP contribution < -0.4 is 0 Å². The first-order valence-corrected chi connectivity index (χ1v) is 6.86. The summed E-state index contributed by atoms with van der Waals surface area (Å²) in [6, 6.07) is 8.95. The van der Waals surface area contributed by atoms with E-state index < -0.39 is 6.10 Å². The van der Waals surface area contributed by atoms with E-state index >= 15 is 0 Å². The molecule has 1 aromatic rings. The van der Waals surface area contributed by atoms with Gasteiger partial charge in [-0.05, 0) is 24.0 Å². The van der Waals surface area contributed by atoms with E-state index in [4.69, 9.17) is 4.74 Å². The van der Waals surface area contributed by atoms with Crippen molar-refractivity contribution in [3.8, 4) is 0 Å². The molecule has 0 fully saturated rings. The van der Waals surface area contributed by atoms with Crippen LogP contribution in [-0.2, 0) is 4.74 Å². The van der Waals surface area contributed by atoms with Crippen LogP contribution in [0.2, 0.25) is 0 Å². The summed E-state index contributed by atoms with van der Waals surface area (Å²) in [6.07, 6.45) is -0.227. The Morgan fingerprint density at radius 3 is 2.16 bits per heavy atom. The molecule has 2 atom stereocenters. The molecule has 1 N–H and O–H groups in total. The number of hydrogen-bond acceptors (Lipinski definition) is 3. The van der Waals surface area contributed by atoms with Gasteiger partial charge in [0.1, 0.15) is 6.10 Å². The molecule has 0 saturated carbocycles. The summed E-state index contributed by atoms with van der Waals surface area (Å²) in [7, 11) is 0. The van der Waals surface area contributed by atoms with Crippen LogP contribution in [0.1, 0.15) is 44.5 Å². The SMILES string of the molecule is CC(C)C(O)CC(OC(=O)c1ccccc1)C(C)C. The molecule has 106 valence electrons. The van der Waals surface area contributed by atoms with Crippen LogP contribution >= 0.6 is 0 Å². The summed E-state index contributed by atoms with van der Waals surface area (Å²) >= 11 is 0. The van der Waals surface area contributed by atoms with Crippen LogP contribution in [0.3, 0.4) is 0 Å². The Morgan fingerprint density at radius 1 is 1.11 bits per heavy atom. The maximum absolute atomic E-state index is 12.0. The molecule has 0 spiro atoms. The highest BCUT2D eigenvalue weighted by Crippen LogP contribution is 2.18. The Kier molecular flexibility index (Phi) is 6.03. The van der Waals surface area contributed by atoms with Crippen LogP contribution in [0.25, 0.3) is 0 Å². The van der Waals surface area contributed by atoms with Crippen LogP contribution in [0.5, 0.6) is 0 Å². The third kappa shape index (κ3) is 5.03. The Labute approximate surface area is 115 Å². The normalized spacial score (nSPS) is 14.5. The highest BCUT2D eigenvalue weighted by atomic mass is 16.5. The van der Waals surface area contributed by atoms with E-state index in [9.17, 15) is 9.90 Å². The van der Waals surface area contributed by atoms with Gasteiger partial charge in [-0.2, -0.15) is 0 Å². The molecule has 3 heteroatoms. The predicted octanol–water partition coefficient (Wildman–Crippen LogP) is 3.28. The molecule has 19 heavy (non-hydrogen) atoms. The van der Waals surface area contributed by atoms with Crippen LogP contribution in [-0.4, -0.2) is 23.3 Å². The van der Waals surface area contributed by atoms with E-state index in [0.717, 1.165) is 0 Å². The average molecular weight is 264 g/mol. The quantitative estimate of drug-likeness (QED) is 0.802. The number of aliphatic hydroxyl groups excluding tert-OH is 1. The number of esters is 1. The van der Waals surface area contributed by atoms with Gasteiger partial charge in [-0.15, -0.1) is 0 Å². The third-order valence-electron chi connectivity index (χ3n) is 3.25. The van der Waals surface area contributed by atoms with Crippen molar-refractivity contribution in [1.82, 2.24) is 0 Å². The minimum absolute atomic E-state index is 0.164. The van der Waals surface area contributed by atoms with Gasteiger partial charge in [0, 0.05) is 6.42 Å². The van der Waals surface area contributed by atoms with Gasteiger partial charge in [0.2, 0.25) is 0 Å². The molecule has 0 aromatic heterocycles. The molecular weight excluding hydrogens is 240 g/mol. The molecule has 0 aliphatic carbocycles. The standard InChI is InChI=1S/C16H24O3/c1-11(2)14(17)10-15(12(3)4)19-16(18)13-8-6-5-7-9-13/h5-9,11-12,14-15,17H,10H2,1-4H3. The summed E-state index contributed by atoms with van der Waals surface area (Å²) in [5.74, 6) is 0.0213. The number of aliphatic hydroxyl groups is 1. The van der Waals surface area contributed by atoms with Crippen molar-refractivity contribution in [2.75, 3.05) is 0 Å². The third-order valence-corrected chi connectivity index (χ3v) is 3.25. The van der Waals surface area contributed by atoms with Crippen molar-refractivity contribution in [1.29, 1.82) is 0 Å². The average Bonchev–Trinajstić information content (AvgIpc) is 2.38. The van der Waals surface area contributed by atoms with E-state index in [2.05, 4.69) is 0 Å². The van der Waals surface area contributed by atoms with Crippen molar-refractivity contribution in [3.63, 3.8) is 0 Å². The smallest absolute Gasteiger partial charge is 0.338 e. The van der Waals surface area contributed by atoms with E-state index in [1.54, 1.807) is 12.1 Å². The minimum atomic E-state index is -0.448. The second kappa shape index (κ2) is 7.29. The van der Waals surface area contributed by atoms with Gasteiger partial charge >= 0.3 is 5.97 Å². The van der Waals surface area contributed by atoms with Gasteiger partial charge in [0.05, 0.1) is 11.7 Å². The van der Waals surface area contributed by atoms with Crippen LogP contribution in [0, 0.1) is 11.8 Å². The first kappa shape index (κ1) is 15.7. The minimum Gasteiger partial charge on any atom is -0.458 e. The molecule has 0 heterocycles.